The van der Waals surface area contributed by atoms with Crippen LogP contribution in [0, 0.1) is 0 Å². The molecule has 12 aromatic carbocycles. The van der Waals surface area contributed by atoms with E-state index in [0.717, 1.165) is 82.0 Å². The molecular formula is C70H42N6Se. The van der Waals surface area contributed by atoms with E-state index in [0.29, 0.717) is 34.9 Å². The maximum Gasteiger partial charge on any atom is -0.0512 e. The fraction of sp³-hybridized carbons (Fsp3) is 0. The van der Waals surface area contributed by atoms with Gasteiger partial charge in [-0.05, 0) is 0 Å². The van der Waals surface area contributed by atoms with Gasteiger partial charge in [-0.15, -0.1) is 0 Å². The molecule has 15 rings (SSSR count). The van der Waals surface area contributed by atoms with E-state index in [9.17, 15) is 0 Å². The maximum atomic E-state index is 5.30. The number of hydrogen-bond donors (Lipinski definition) is 0. The fourth-order valence-electron chi connectivity index (χ4n) is 11.4. The second-order valence-corrected chi connectivity index (χ2v) is 21.5. The van der Waals surface area contributed by atoms with E-state index in [1.54, 1.807) is 0 Å². The molecule has 7 heteroatoms. The third-order valence-electron chi connectivity index (χ3n) is 14.8. The summed E-state index contributed by atoms with van der Waals surface area (Å²) in [5.41, 5.74) is 10.5. The second-order valence-electron chi connectivity index (χ2n) is 19.3. The summed E-state index contributed by atoms with van der Waals surface area (Å²) in [5, 5.41) is 11.5. The molecule has 0 bridgehead atoms. The van der Waals surface area contributed by atoms with Gasteiger partial charge < -0.3 is 0 Å². The van der Waals surface area contributed by atoms with Gasteiger partial charge in [0.2, 0.25) is 0 Å². The number of benzene rings is 12. The molecule has 0 saturated carbocycles. The number of fused-ring (bicyclic) bond motifs is 7. The van der Waals surface area contributed by atoms with Gasteiger partial charge in [-0.25, -0.2) is 0 Å². The third kappa shape index (κ3) is 7.63. The number of nitrogens with zero attached hydrogens (tertiary/aromatic N) is 6. The molecule has 0 spiro atoms. The molecule has 3 aromatic heterocycles. The standard InChI is InChI=1S/C70H42N6Se/c1-5-22-43(23-6-1)65-71-66(44-24-7-2-8-25-44)74-69(73-65)63-52-34-17-13-30-48(52)60(49-31-14-18-35-53(49)63)47-40-41-58-57(42-47)62-56(38-21-39-59(62)77-58)61-50-32-15-19-36-54(50)64(55-37-20-16-33-51(55)61)70-75-67(45-26-9-3-10-27-45)72-68(76-70)46-28-11-4-12-29-46/h1-42H. The van der Waals surface area contributed by atoms with Gasteiger partial charge in [0.25, 0.3) is 0 Å². The van der Waals surface area contributed by atoms with Crippen molar-refractivity contribution in [1.29, 1.82) is 0 Å². The van der Waals surface area contributed by atoms with Crippen molar-refractivity contribution in [2.45, 2.75) is 0 Å². The monoisotopic (exact) mass is 1050 g/mol. The molecular weight excluding hydrogens is 1000 g/mol. The van der Waals surface area contributed by atoms with Crippen molar-refractivity contribution >= 4 is 76.9 Å². The summed E-state index contributed by atoms with van der Waals surface area (Å²) in [4.78, 5) is 31.3. The molecule has 0 aliphatic carbocycles. The summed E-state index contributed by atoms with van der Waals surface area (Å²) in [5.74, 6) is 3.83. The molecule has 0 aliphatic rings. The number of aromatic nitrogens is 6. The Morgan fingerprint density at radius 3 is 0.909 bits per heavy atom. The van der Waals surface area contributed by atoms with E-state index in [2.05, 4.69) is 182 Å². The first-order chi connectivity index (χ1) is 38.2. The van der Waals surface area contributed by atoms with E-state index in [1.807, 2.05) is 72.8 Å². The molecule has 3 heterocycles. The minimum Gasteiger partial charge on any atom is -0.0615 e. The van der Waals surface area contributed by atoms with Crippen molar-refractivity contribution < 1.29 is 0 Å². The number of hydrogen-bond acceptors (Lipinski definition) is 6. The van der Waals surface area contributed by atoms with Crippen molar-refractivity contribution in [3.63, 3.8) is 0 Å². The average Bonchev–Trinajstić information content (AvgIpc) is 3.91. The Kier molecular flexibility index (Phi) is 10.8. The molecule has 0 radical (unpaired) electrons. The molecule has 0 N–H and O–H groups in total. The number of rotatable bonds is 8. The largest absolute Gasteiger partial charge is 0.0615 e. The van der Waals surface area contributed by atoms with Gasteiger partial charge in [0.1, 0.15) is 0 Å². The third-order valence-corrected chi connectivity index (χ3v) is 17.1. The zero-order valence-electron chi connectivity index (χ0n) is 41.3. The molecule has 0 fully saturated rings. The van der Waals surface area contributed by atoms with Crippen LogP contribution in [0.25, 0.3) is 153 Å². The van der Waals surface area contributed by atoms with Crippen LogP contribution in [0.2, 0.25) is 0 Å². The Balaban J connectivity index is 0.953. The van der Waals surface area contributed by atoms with Crippen LogP contribution in [0.4, 0.5) is 0 Å². The van der Waals surface area contributed by atoms with Crippen LogP contribution in [0.5, 0.6) is 0 Å². The van der Waals surface area contributed by atoms with Crippen LogP contribution in [0.1, 0.15) is 0 Å². The molecule has 77 heavy (non-hydrogen) atoms. The first-order valence-corrected chi connectivity index (χ1v) is 27.5. The van der Waals surface area contributed by atoms with Crippen molar-refractivity contribution in [3.05, 3.63) is 255 Å². The van der Waals surface area contributed by atoms with Gasteiger partial charge in [-0.2, -0.15) is 0 Å². The summed E-state index contributed by atoms with van der Waals surface area (Å²) in [6.45, 7) is 0. The first kappa shape index (κ1) is 44.7. The Labute approximate surface area is 449 Å². The van der Waals surface area contributed by atoms with Crippen LogP contribution in [-0.4, -0.2) is 44.4 Å². The van der Waals surface area contributed by atoms with E-state index in [-0.39, 0.29) is 14.5 Å². The minimum atomic E-state index is 0.0942. The van der Waals surface area contributed by atoms with Crippen molar-refractivity contribution in [2.24, 2.45) is 0 Å². The summed E-state index contributed by atoms with van der Waals surface area (Å²) in [6.07, 6.45) is 0. The summed E-state index contributed by atoms with van der Waals surface area (Å²) in [7, 11) is 0. The molecule has 358 valence electrons. The smallest absolute Gasteiger partial charge is 0.0512 e. The average molecular weight is 1050 g/mol. The van der Waals surface area contributed by atoms with Gasteiger partial charge in [0.05, 0.1) is 0 Å². The Morgan fingerprint density at radius 1 is 0.208 bits per heavy atom. The SMILES string of the molecule is c1ccc(-c2nc(-c3ccccc3)nc(-c3c4ccccc4c(-c4ccc5[se]c6cccc(-c7c8ccccc8c(-c8nc(-c9ccccc9)nc(-c9ccccc9)n8)c8ccccc78)c6c5c4)c4ccccc34)n2)cc1. The quantitative estimate of drug-likeness (QED) is 0.111. The van der Waals surface area contributed by atoms with Gasteiger partial charge in [-0.1, -0.05) is 97.1 Å². The van der Waals surface area contributed by atoms with Crippen LogP contribution >= 0.6 is 0 Å². The summed E-state index contributed by atoms with van der Waals surface area (Å²) >= 11 is 0.0942. The molecule has 0 saturated heterocycles. The predicted molar refractivity (Wildman–Crippen MR) is 319 cm³/mol. The van der Waals surface area contributed by atoms with E-state index in [1.165, 1.54) is 36.0 Å². The second kappa shape index (κ2) is 18.6. The molecule has 15 aromatic rings. The molecule has 0 atom stereocenters. The Morgan fingerprint density at radius 2 is 0.532 bits per heavy atom. The molecule has 0 aliphatic heterocycles. The fourth-order valence-corrected chi connectivity index (χ4v) is 13.7. The van der Waals surface area contributed by atoms with Crippen LogP contribution < -0.4 is 0 Å². The van der Waals surface area contributed by atoms with E-state index in [4.69, 9.17) is 29.9 Å². The zero-order chi connectivity index (χ0) is 50.8. The van der Waals surface area contributed by atoms with Crippen LogP contribution in [0.15, 0.2) is 255 Å². The predicted octanol–water partition coefficient (Wildman–Crippen LogP) is 17.4. The Hall–Kier alpha value is -9.78. The summed E-state index contributed by atoms with van der Waals surface area (Å²) in [6, 6.07) is 90.0. The van der Waals surface area contributed by atoms with E-state index < -0.39 is 0 Å². The van der Waals surface area contributed by atoms with Gasteiger partial charge >= 0.3 is 355 Å². The van der Waals surface area contributed by atoms with Crippen molar-refractivity contribution in [1.82, 2.24) is 29.9 Å². The van der Waals surface area contributed by atoms with E-state index >= 15 is 0 Å². The van der Waals surface area contributed by atoms with Gasteiger partial charge in [0, 0.05) is 0 Å². The summed E-state index contributed by atoms with van der Waals surface area (Å²) < 4.78 is 2.75. The van der Waals surface area contributed by atoms with Crippen LogP contribution in [-0.2, 0) is 0 Å². The molecule has 6 nitrogen and oxygen atoms in total. The van der Waals surface area contributed by atoms with Gasteiger partial charge in [0.15, 0.2) is 0 Å². The normalized spacial score (nSPS) is 11.6. The minimum absolute atomic E-state index is 0.0942. The Bertz CT molecular complexity index is 4560. The van der Waals surface area contributed by atoms with Crippen molar-refractivity contribution in [3.8, 4) is 90.6 Å². The molecule has 0 unspecified atom stereocenters. The topological polar surface area (TPSA) is 77.3 Å². The first-order valence-electron chi connectivity index (χ1n) is 25.8. The molecule has 0 amide bonds. The maximum absolute atomic E-state index is 5.30. The van der Waals surface area contributed by atoms with Crippen molar-refractivity contribution in [2.75, 3.05) is 0 Å². The van der Waals surface area contributed by atoms with Gasteiger partial charge in [-0.3, -0.25) is 0 Å². The zero-order valence-corrected chi connectivity index (χ0v) is 43.1. The van der Waals surface area contributed by atoms with Crippen LogP contribution in [0.3, 0.4) is 0 Å².